The zero-order valence-corrected chi connectivity index (χ0v) is 10.6. The zero-order valence-electron chi connectivity index (χ0n) is 9.84. The van der Waals surface area contributed by atoms with Gasteiger partial charge in [0, 0.05) is 24.1 Å². The largest absolute Gasteiger partial charge is 0.522 e. The monoisotopic (exact) mass is 293 g/mol. The van der Waals surface area contributed by atoms with Crippen LogP contribution in [-0.2, 0) is 4.74 Å². The van der Waals surface area contributed by atoms with Crippen LogP contribution in [0.25, 0.3) is 0 Å². The molecule has 0 aliphatic rings. The summed E-state index contributed by atoms with van der Waals surface area (Å²) in [6, 6.07) is 1.59. The van der Waals surface area contributed by atoms with Gasteiger partial charge in [-0.2, -0.15) is 0 Å². The summed E-state index contributed by atoms with van der Waals surface area (Å²) in [7, 11) is 0. The normalized spacial score (nSPS) is 10.7. The molecule has 0 bridgehead atoms. The second kappa shape index (κ2) is 7.87. The Morgan fingerprint density at radius 1 is 1.26 bits per heavy atom. The van der Waals surface area contributed by atoms with Crippen molar-refractivity contribution < 1.29 is 22.6 Å². The number of pyridine rings is 1. The van der Waals surface area contributed by atoms with Crippen molar-refractivity contribution in [1.82, 2.24) is 4.98 Å². The first-order valence-corrected chi connectivity index (χ1v) is 5.88. The molecular weight excluding hydrogens is 283 g/mol. The third-order valence-electron chi connectivity index (χ3n) is 1.78. The number of halogens is 4. The van der Waals surface area contributed by atoms with Crippen molar-refractivity contribution in [3.63, 3.8) is 0 Å². The van der Waals surface area contributed by atoms with Gasteiger partial charge < -0.3 is 4.74 Å². The third kappa shape index (κ3) is 7.54. The van der Waals surface area contributed by atoms with Gasteiger partial charge in [-0.1, -0.05) is 11.8 Å². The highest BCUT2D eigenvalue weighted by Crippen LogP contribution is 2.16. The molecule has 0 saturated carbocycles. The van der Waals surface area contributed by atoms with E-state index in [0.717, 1.165) is 0 Å². The number of ether oxygens (including phenoxy) is 2. The summed E-state index contributed by atoms with van der Waals surface area (Å²) in [5.74, 6) is 6.40. The van der Waals surface area contributed by atoms with E-state index in [1.165, 1.54) is 12.4 Å². The molecule has 1 aromatic rings. The molecule has 0 atom stereocenters. The molecule has 0 unspecified atom stereocenters. The van der Waals surface area contributed by atoms with E-state index in [0.29, 0.717) is 23.6 Å². The van der Waals surface area contributed by atoms with Gasteiger partial charge >= 0.3 is 6.36 Å². The molecule has 0 aliphatic heterocycles. The average molecular weight is 294 g/mol. The van der Waals surface area contributed by atoms with Crippen LogP contribution in [0, 0.1) is 11.8 Å². The van der Waals surface area contributed by atoms with E-state index in [1.54, 1.807) is 6.07 Å². The second-order valence-electron chi connectivity index (χ2n) is 3.29. The van der Waals surface area contributed by atoms with Gasteiger partial charge in [0.25, 0.3) is 0 Å². The van der Waals surface area contributed by atoms with E-state index in [4.69, 9.17) is 16.3 Å². The number of hydrogen-bond donors (Lipinski definition) is 0. The van der Waals surface area contributed by atoms with Crippen molar-refractivity contribution >= 4 is 11.6 Å². The van der Waals surface area contributed by atoms with Crippen LogP contribution in [0.15, 0.2) is 18.5 Å². The number of hydrogen-bond acceptors (Lipinski definition) is 3. The molecule has 0 aromatic carbocycles. The van der Waals surface area contributed by atoms with Gasteiger partial charge in [0.15, 0.2) is 0 Å². The molecule has 19 heavy (non-hydrogen) atoms. The van der Waals surface area contributed by atoms with Crippen LogP contribution in [0.2, 0.25) is 0 Å². The van der Waals surface area contributed by atoms with E-state index in [1.807, 2.05) is 0 Å². The van der Waals surface area contributed by atoms with E-state index in [-0.39, 0.29) is 6.61 Å². The quantitative estimate of drug-likeness (QED) is 0.475. The maximum atomic E-state index is 11.7. The average Bonchev–Trinajstić information content (AvgIpc) is 2.35. The van der Waals surface area contributed by atoms with Gasteiger partial charge in [0.2, 0.25) is 0 Å². The van der Waals surface area contributed by atoms with Crippen molar-refractivity contribution in [3.05, 3.63) is 24.0 Å². The van der Waals surface area contributed by atoms with Crippen LogP contribution in [0.4, 0.5) is 13.2 Å². The first-order chi connectivity index (χ1) is 9.01. The molecule has 0 fully saturated rings. The molecule has 0 amide bonds. The molecule has 1 heterocycles. The molecule has 0 radical (unpaired) electrons. The number of alkyl halides is 4. The van der Waals surface area contributed by atoms with Crippen LogP contribution < -0.4 is 4.74 Å². The molecule has 0 aliphatic carbocycles. The van der Waals surface area contributed by atoms with Crippen molar-refractivity contribution in [3.8, 4) is 17.6 Å². The first-order valence-electron chi connectivity index (χ1n) is 5.34. The highest BCUT2D eigenvalue weighted by molar-refractivity contribution is 6.18. The molecule has 3 nitrogen and oxygen atoms in total. The lowest BCUT2D eigenvalue weighted by atomic mass is 10.3. The van der Waals surface area contributed by atoms with Crippen molar-refractivity contribution in [2.45, 2.75) is 12.8 Å². The van der Waals surface area contributed by atoms with Gasteiger partial charge in [-0.3, -0.25) is 9.72 Å². The van der Waals surface area contributed by atoms with Crippen LogP contribution in [0.1, 0.15) is 12.0 Å². The fourth-order valence-corrected chi connectivity index (χ4v) is 1.19. The Kier molecular flexibility index (Phi) is 6.46. The predicted molar refractivity (Wildman–Crippen MR) is 64.0 cm³/mol. The highest BCUT2D eigenvalue weighted by Gasteiger charge is 2.28. The second-order valence-corrected chi connectivity index (χ2v) is 3.67. The standard InChI is InChI=1S/C12H11ClF3NO2/c13-4-2-1-3-10-7-11(9-17-8-10)18-5-6-19-12(14,15)16/h7-9H,2,4-6H2. The van der Waals surface area contributed by atoms with Gasteiger partial charge in [-0.05, 0) is 6.07 Å². The zero-order chi connectivity index (χ0) is 14.1. The van der Waals surface area contributed by atoms with Crippen LogP contribution in [-0.4, -0.2) is 30.4 Å². The SMILES string of the molecule is FC(F)(F)OCCOc1cncc(C#CCCCl)c1. The van der Waals surface area contributed by atoms with E-state index < -0.39 is 13.0 Å². The number of nitrogens with zero attached hydrogens (tertiary/aromatic N) is 1. The molecule has 0 N–H and O–H groups in total. The predicted octanol–water partition coefficient (Wildman–Crippen LogP) is 2.98. The molecule has 0 saturated heterocycles. The Bertz CT molecular complexity index is 454. The minimum absolute atomic E-state index is 0.222. The molecule has 0 spiro atoms. The van der Waals surface area contributed by atoms with Gasteiger partial charge in [-0.25, -0.2) is 0 Å². The fourth-order valence-electron chi connectivity index (χ4n) is 1.09. The molecule has 7 heteroatoms. The van der Waals surface area contributed by atoms with Gasteiger partial charge in [0.1, 0.15) is 12.4 Å². The molecule has 1 rings (SSSR count). The fraction of sp³-hybridized carbons (Fsp3) is 0.417. The number of aromatic nitrogens is 1. The Hall–Kier alpha value is -1.45. The molecule has 104 valence electrons. The van der Waals surface area contributed by atoms with E-state index in [2.05, 4.69) is 21.6 Å². The van der Waals surface area contributed by atoms with Crippen molar-refractivity contribution in [1.29, 1.82) is 0 Å². The lowest BCUT2D eigenvalue weighted by Crippen LogP contribution is -2.18. The van der Waals surface area contributed by atoms with E-state index in [9.17, 15) is 13.2 Å². The summed E-state index contributed by atoms with van der Waals surface area (Å²) in [6.45, 7) is -0.800. The summed E-state index contributed by atoms with van der Waals surface area (Å²) >= 11 is 5.47. The maximum absolute atomic E-state index is 11.7. The minimum atomic E-state index is -4.64. The van der Waals surface area contributed by atoms with Crippen molar-refractivity contribution in [2.75, 3.05) is 19.1 Å². The molecule has 1 aromatic heterocycles. The van der Waals surface area contributed by atoms with E-state index >= 15 is 0 Å². The lowest BCUT2D eigenvalue weighted by molar-refractivity contribution is -0.325. The van der Waals surface area contributed by atoms with Gasteiger partial charge in [-0.15, -0.1) is 24.8 Å². The topological polar surface area (TPSA) is 31.4 Å². The van der Waals surface area contributed by atoms with Crippen LogP contribution in [0.5, 0.6) is 5.75 Å². The Morgan fingerprint density at radius 3 is 2.74 bits per heavy atom. The third-order valence-corrected chi connectivity index (χ3v) is 1.97. The summed E-state index contributed by atoms with van der Waals surface area (Å²) in [5, 5.41) is 0. The lowest BCUT2D eigenvalue weighted by Gasteiger charge is -2.08. The Balaban J connectivity index is 2.43. The summed E-state index contributed by atoms with van der Waals surface area (Å²) < 4.78 is 43.7. The minimum Gasteiger partial charge on any atom is -0.490 e. The summed E-state index contributed by atoms with van der Waals surface area (Å²) in [4.78, 5) is 3.87. The van der Waals surface area contributed by atoms with Crippen LogP contribution >= 0.6 is 11.6 Å². The molecular formula is C12H11ClF3NO2. The smallest absolute Gasteiger partial charge is 0.490 e. The Labute approximate surface area is 113 Å². The van der Waals surface area contributed by atoms with Crippen LogP contribution in [0.3, 0.4) is 0 Å². The van der Waals surface area contributed by atoms with Gasteiger partial charge in [0.05, 0.1) is 12.8 Å². The summed E-state index contributed by atoms with van der Waals surface area (Å²) in [5.41, 5.74) is 0.611. The summed E-state index contributed by atoms with van der Waals surface area (Å²) in [6.07, 6.45) is -1.18. The Morgan fingerprint density at radius 2 is 2.05 bits per heavy atom. The first kappa shape index (κ1) is 15.6. The van der Waals surface area contributed by atoms with Crippen molar-refractivity contribution in [2.24, 2.45) is 0 Å². The highest BCUT2D eigenvalue weighted by atomic mass is 35.5. The maximum Gasteiger partial charge on any atom is 0.522 e. The number of rotatable bonds is 5.